The maximum absolute atomic E-state index is 14.8. The average molecular weight is 473 g/mol. The van der Waals surface area contributed by atoms with Crippen LogP contribution in [0.1, 0.15) is 79.7 Å². The highest BCUT2D eigenvalue weighted by Gasteiger charge is 2.24. The number of anilines is 1. The van der Waals surface area contributed by atoms with Crippen molar-refractivity contribution in [2.24, 2.45) is 0 Å². The Labute approximate surface area is 203 Å². The molecular weight excluding hydrogens is 431 g/mol. The minimum Gasteiger partial charge on any atom is -0.368 e. The molecule has 2 unspecified atom stereocenters. The number of aryl methyl sites for hydroxylation is 2. The average Bonchev–Trinajstić information content (AvgIpc) is 2.75. The number of H-pyrrole nitrogens is 1. The molecule has 0 bridgehead atoms. The molecule has 0 aliphatic rings. The molecule has 0 saturated heterocycles. The topological polar surface area (TPSA) is 77.2 Å². The van der Waals surface area contributed by atoms with Gasteiger partial charge in [0.1, 0.15) is 5.82 Å². The van der Waals surface area contributed by atoms with Crippen LogP contribution in [0.2, 0.25) is 0 Å². The number of halogens is 1. The SMILES string of the molecule is CCCC(CC(C)NCC)N(CC)c1cc(F)cc(C(=O)NCc2c(C)cc(C)[nH]c2=O)c1C. The summed E-state index contributed by atoms with van der Waals surface area (Å²) < 4.78 is 14.8. The molecule has 2 aromatic rings. The summed E-state index contributed by atoms with van der Waals surface area (Å²) in [5, 5.41) is 6.29. The molecule has 0 aliphatic heterocycles. The van der Waals surface area contributed by atoms with E-state index in [1.54, 1.807) is 0 Å². The second-order valence-corrected chi connectivity index (χ2v) is 9.15. The Morgan fingerprint density at radius 1 is 1.15 bits per heavy atom. The van der Waals surface area contributed by atoms with Crippen molar-refractivity contribution in [1.29, 1.82) is 0 Å². The second-order valence-electron chi connectivity index (χ2n) is 9.15. The number of aromatic amines is 1. The van der Waals surface area contributed by atoms with E-state index in [1.165, 1.54) is 12.1 Å². The third kappa shape index (κ3) is 6.92. The van der Waals surface area contributed by atoms with E-state index in [9.17, 15) is 14.0 Å². The van der Waals surface area contributed by atoms with Gasteiger partial charge in [-0.2, -0.15) is 0 Å². The van der Waals surface area contributed by atoms with Gasteiger partial charge in [-0.15, -0.1) is 0 Å². The first-order valence-electron chi connectivity index (χ1n) is 12.4. The number of nitrogens with zero attached hydrogens (tertiary/aromatic N) is 1. The second kappa shape index (κ2) is 12.7. The summed E-state index contributed by atoms with van der Waals surface area (Å²) in [5.74, 6) is -0.828. The summed E-state index contributed by atoms with van der Waals surface area (Å²) in [6.45, 7) is 15.7. The highest BCUT2D eigenvalue weighted by molar-refractivity contribution is 5.97. The smallest absolute Gasteiger partial charge is 0.253 e. The van der Waals surface area contributed by atoms with Gasteiger partial charge in [-0.25, -0.2) is 4.39 Å². The lowest BCUT2D eigenvalue weighted by Gasteiger charge is -2.36. The normalized spacial score (nSPS) is 12.9. The van der Waals surface area contributed by atoms with Crippen LogP contribution >= 0.6 is 0 Å². The molecule has 2 rings (SSSR count). The van der Waals surface area contributed by atoms with E-state index >= 15 is 0 Å². The van der Waals surface area contributed by atoms with Crippen molar-refractivity contribution in [3.05, 3.63) is 62.3 Å². The molecular formula is C27H41FN4O2. The predicted octanol–water partition coefficient (Wildman–Crippen LogP) is 4.75. The molecule has 0 spiro atoms. The number of aromatic nitrogens is 1. The minimum atomic E-state index is -0.441. The van der Waals surface area contributed by atoms with Crippen LogP contribution in [0.5, 0.6) is 0 Å². The molecule has 1 aromatic heterocycles. The van der Waals surface area contributed by atoms with E-state index in [0.29, 0.717) is 23.7 Å². The Morgan fingerprint density at radius 3 is 2.44 bits per heavy atom. The molecule has 1 amide bonds. The van der Waals surface area contributed by atoms with E-state index in [0.717, 1.165) is 48.3 Å². The zero-order chi connectivity index (χ0) is 25.4. The molecule has 1 aromatic carbocycles. The molecule has 3 N–H and O–H groups in total. The molecule has 0 radical (unpaired) electrons. The van der Waals surface area contributed by atoms with Gasteiger partial charge in [0, 0.05) is 47.7 Å². The Morgan fingerprint density at radius 2 is 1.85 bits per heavy atom. The van der Waals surface area contributed by atoms with Crippen molar-refractivity contribution in [2.75, 3.05) is 18.0 Å². The number of hydrogen-bond donors (Lipinski definition) is 3. The fourth-order valence-electron chi connectivity index (χ4n) is 4.76. The standard InChI is InChI=1S/C27H41FN4O2/c1-8-11-22(13-18(5)29-9-2)32(10-3)25-15-21(28)14-23(20(25)7)26(33)30-16-24-17(4)12-19(6)31-27(24)34/h12,14-15,18,22,29H,8-11,13,16H2,1-7H3,(H,30,33)(H,31,34). The molecule has 0 aliphatic carbocycles. The highest BCUT2D eigenvalue weighted by atomic mass is 19.1. The quantitative estimate of drug-likeness (QED) is 0.417. The van der Waals surface area contributed by atoms with Crippen molar-refractivity contribution in [1.82, 2.24) is 15.6 Å². The van der Waals surface area contributed by atoms with Crippen LogP contribution in [0.15, 0.2) is 23.0 Å². The van der Waals surface area contributed by atoms with Gasteiger partial charge in [0.25, 0.3) is 11.5 Å². The summed E-state index contributed by atoms with van der Waals surface area (Å²) >= 11 is 0. The lowest BCUT2D eigenvalue weighted by Crippen LogP contribution is -2.41. The summed E-state index contributed by atoms with van der Waals surface area (Å²) in [6, 6.07) is 5.25. The molecule has 0 saturated carbocycles. The van der Waals surface area contributed by atoms with Crippen LogP contribution in [0.3, 0.4) is 0 Å². The molecule has 2 atom stereocenters. The zero-order valence-electron chi connectivity index (χ0n) is 21.8. The lowest BCUT2D eigenvalue weighted by molar-refractivity contribution is 0.0949. The van der Waals surface area contributed by atoms with Gasteiger partial charge in [0.05, 0.1) is 0 Å². The van der Waals surface area contributed by atoms with Gasteiger partial charge in [-0.1, -0.05) is 20.3 Å². The van der Waals surface area contributed by atoms with Crippen LogP contribution in [-0.2, 0) is 6.54 Å². The van der Waals surface area contributed by atoms with Gasteiger partial charge >= 0.3 is 0 Å². The number of carbonyl (C=O) groups is 1. The van der Waals surface area contributed by atoms with Crippen molar-refractivity contribution in [3.63, 3.8) is 0 Å². The number of carbonyl (C=O) groups excluding carboxylic acids is 1. The zero-order valence-corrected chi connectivity index (χ0v) is 21.8. The summed E-state index contributed by atoms with van der Waals surface area (Å²) in [4.78, 5) is 30.4. The summed E-state index contributed by atoms with van der Waals surface area (Å²) in [5.41, 5.74) is 3.66. The van der Waals surface area contributed by atoms with E-state index in [-0.39, 0.29) is 24.1 Å². The fourth-order valence-corrected chi connectivity index (χ4v) is 4.76. The highest BCUT2D eigenvalue weighted by Crippen LogP contribution is 2.29. The maximum atomic E-state index is 14.8. The molecule has 6 nitrogen and oxygen atoms in total. The Balaban J connectivity index is 2.34. The van der Waals surface area contributed by atoms with Crippen molar-refractivity contribution in [3.8, 4) is 0 Å². The van der Waals surface area contributed by atoms with Crippen molar-refractivity contribution < 1.29 is 9.18 Å². The monoisotopic (exact) mass is 472 g/mol. The first-order chi connectivity index (χ1) is 16.1. The number of pyridine rings is 1. The summed E-state index contributed by atoms with van der Waals surface area (Å²) in [7, 11) is 0. The van der Waals surface area contributed by atoms with Crippen molar-refractivity contribution >= 4 is 11.6 Å². The summed E-state index contributed by atoms with van der Waals surface area (Å²) in [6.07, 6.45) is 2.94. The van der Waals surface area contributed by atoms with E-state index in [1.807, 2.05) is 26.8 Å². The third-order valence-electron chi connectivity index (χ3n) is 6.40. The van der Waals surface area contributed by atoms with Gasteiger partial charge in [-0.3, -0.25) is 9.59 Å². The Kier molecular flexibility index (Phi) is 10.3. The van der Waals surface area contributed by atoms with Gasteiger partial charge < -0.3 is 20.5 Å². The third-order valence-corrected chi connectivity index (χ3v) is 6.40. The molecule has 0 fully saturated rings. The minimum absolute atomic E-state index is 0.0850. The van der Waals surface area contributed by atoms with Gasteiger partial charge in [0.15, 0.2) is 0 Å². The molecule has 7 heteroatoms. The van der Waals surface area contributed by atoms with Gasteiger partial charge in [0.2, 0.25) is 0 Å². The first kappa shape index (κ1) is 27.6. The lowest BCUT2D eigenvalue weighted by atomic mass is 9.98. The van der Waals surface area contributed by atoms with Crippen LogP contribution in [-0.4, -0.2) is 36.1 Å². The van der Waals surface area contributed by atoms with Crippen LogP contribution in [0.4, 0.5) is 10.1 Å². The number of nitrogens with one attached hydrogen (secondary N) is 3. The fraction of sp³-hybridized carbons (Fsp3) is 0.556. The Hall–Kier alpha value is -2.67. The molecule has 188 valence electrons. The number of hydrogen-bond acceptors (Lipinski definition) is 4. The number of rotatable bonds is 12. The number of benzene rings is 1. The van der Waals surface area contributed by atoms with Crippen LogP contribution in [0.25, 0.3) is 0 Å². The molecule has 34 heavy (non-hydrogen) atoms. The first-order valence-corrected chi connectivity index (χ1v) is 12.4. The largest absolute Gasteiger partial charge is 0.368 e. The van der Waals surface area contributed by atoms with Crippen LogP contribution < -0.4 is 21.1 Å². The van der Waals surface area contributed by atoms with E-state index < -0.39 is 5.82 Å². The van der Waals surface area contributed by atoms with E-state index in [2.05, 4.69) is 48.2 Å². The maximum Gasteiger partial charge on any atom is 0.253 e. The number of amides is 1. The van der Waals surface area contributed by atoms with Crippen LogP contribution in [0, 0.1) is 26.6 Å². The van der Waals surface area contributed by atoms with Crippen molar-refractivity contribution in [2.45, 2.75) is 86.4 Å². The predicted molar refractivity (Wildman–Crippen MR) is 138 cm³/mol. The van der Waals surface area contributed by atoms with E-state index in [4.69, 9.17) is 0 Å². The van der Waals surface area contributed by atoms with Gasteiger partial charge in [-0.05, 0) is 83.3 Å². The Bertz CT molecular complexity index is 1030. The molecule has 1 heterocycles.